The number of carbonyl (C=O) groups excluding carboxylic acids is 3. The predicted octanol–water partition coefficient (Wildman–Crippen LogP) is 5.50. The highest BCUT2D eigenvalue weighted by Gasteiger charge is 2.29. The Morgan fingerprint density at radius 3 is 2.16 bits per heavy atom. The fraction of sp³-hybridized carbons (Fsp3) is 0.286. The number of benzene rings is 4. The summed E-state index contributed by atoms with van der Waals surface area (Å²) in [6, 6.07) is 28.6. The second-order valence-electron chi connectivity index (χ2n) is 10.8. The molecule has 0 aromatic heterocycles. The van der Waals surface area contributed by atoms with Gasteiger partial charge in [0, 0.05) is 18.9 Å². The monoisotopic (exact) mass is 615 g/mol. The van der Waals surface area contributed by atoms with Crippen molar-refractivity contribution in [2.24, 2.45) is 5.73 Å². The summed E-state index contributed by atoms with van der Waals surface area (Å²) in [5.74, 6) is -0.939. The Labute approximate surface area is 263 Å². The Morgan fingerprint density at radius 1 is 0.841 bits per heavy atom. The molecule has 0 aliphatic heterocycles. The summed E-state index contributed by atoms with van der Waals surface area (Å²) >= 11 is 0. The zero-order chi connectivity index (χ0) is 30.2. The Hall–Kier alpha value is -4.40. The number of methoxy groups -OCH3 is 1. The van der Waals surface area contributed by atoms with Crippen molar-refractivity contribution < 1.29 is 23.9 Å². The number of hydrogen-bond donors (Lipinski definition) is 3. The van der Waals surface area contributed by atoms with Crippen LogP contribution in [0.4, 0.5) is 4.79 Å². The van der Waals surface area contributed by atoms with E-state index in [1.807, 2.05) is 66.7 Å². The van der Waals surface area contributed by atoms with E-state index >= 15 is 0 Å². The minimum Gasteiger partial charge on any atom is -0.467 e. The van der Waals surface area contributed by atoms with E-state index in [4.69, 9.17) is 15.2 Å². The molecule has 0 heterocycles. The minimum absolute atomic E-state index is 0. The van der Waals surface area contributed by atoms with E-state index in [0.717, 1.165) is 27.5 Å². The molecule has 8 nitrogen and oxygen atoms in total. The van der Waals surface area contributed by atoms with Crippen molar-refractivity contribution in [3.8, 4) is 11.1 Å². The van der Waals surface area contributed by atoms with E-state index in [2.05, 4.69) is 34.9 Å². The second-order valence-corrected chi connectivity index (χ2v) is 10.8. The largest absolute Gasteiger partial charge is 0.467 e. The van der Waals surface area contributed by atoms with E-state index in [1.54, 1.807) is 0 Å². The lowest BCUT2D eigenvalue weighted by atomic mass is 9.98. The van der Waals surface area contributed by atoms with Crippen LogP contribution >= 0.6 is 12.4 Å². The highest BCUT2D eigenvalue weighted by atomic mass is 35.5. The number of nitrogens with one attached hydrogen (secondary N) is 2. The maximum Gasteiger partial charge on any atom is 0.407 e. The fourth-order valence-electron chi connectivity index (χ4n) is 5.68. The molecule has 44 heavy (non-hydrogen) atoms. The molecule has 2 atom stereocenters. The number of esters is 1. The first kappa shape index (κ1) is 32.5. The number of carbonyl (C=O) groups is 3. The molecule has 2 amide bonds. The molecule has 1 aliphatic rings. The van der Waals surface area contributed by atoms with Crippen molar-refractivity contribution in [2.45, 2.75) is 43.7 Å². The summed E-state index contributed by atoms with van der Waals surface area (Å²) < 4.78 is 10.5. The molecule has 4 aromatic rings. The molecule has 9 heteroatoms. The Kier molecular flexibility index (Phi) is 11.4. The van der Waals surface area contributed by atoms with E-state index in [9.17, 15) is 14.4 Å². The third-order valence-electron chi connectivity index (χ3n) is 7.95. The second kappa shape index (κ2) is 15.4. The van der Waals surface area contributed by atoms with Crippen LogP contribution in [0.1, 0.15) is 41.9 Å². The van der Waals surface area contributed by atoms with Crippen LogP contribution < -0.4 is 16.4 Å². The van der Waals surface area contributed by atoms with Crippen LogP contribution in [0.25, 0.3) is 21.9 Å². The van der Waals surface area contributed by atoms with Gasteiger partial charge in [-0.2, -0.15) is 0 Å². The highest BCUT2D eigenvalue weighted by molar-refractivity contribution is 5.88. The molecule has 0 fully saturated rings. The molecule has 1 aliphatic carbocycles. The number of fused-ring (bicyclic) bond motifs is 4. The average molecular weight is 616 g/mol. The molecule has 4 aromatic carbocycles. The van der Waals surface area contributed by atoms with Gasteiger partial charge in [-0.15, -0.1) is 12.4 Å². The molecule has 0 saturated heterocycles. The van der Waals surface area contributed by atoms with Gasteiger partial charge in [0.1, 0.15) is 12.6 Å². The van der Waals surface area contributed by atoms with Crippen molar-refractivity contribution in [1.82, 2.24) is 10.6 Å². The fourth-order valence-corrected chi connectivity index (χ4v) is 5.68. The molecule has 0 saturated carbocycles. The first-order valence-corrected chi connectivity index (χ1v) is 14.6. The third kappa shape index (κ3) is 7.75. The van der Waals surface area contributed by atoms with Gasteiger partial charge in [0.15, 0.2) is 0 Å². The van der Waals surface area contributed by atoms with Gasteiger partial charge >= 0.3 is 12.1 Å². The lowest BCUT2D eigenvalue weighted by Crippen LogP contribution is -2.49. The summed E-state index contributed by atoms with van der Waals surface area (Å²) in [4.78, 5) is 37.6. The molecule has 0 radical (unpaired) electrons. The quantitative estimate of drug-likeness (QED) is 0.143. The topological polar surface area (TPSA) is 120 Å². The zero-order valence-corrected chi connectivity index (χ0v) is 25.5. The number of rotatable bonds is 12. The number of ether oxygens (including phenoxy) is 2. The van der Waals surface area contributed by atoms with Crippen LogP contribution in [0.5, 0.6) is 0 Å². The molecular weight excluding hydrogens is 578 g/mol. The van der Waals surface area contributed by atoms with Crippen LogP contribution in [0, 0.1) is 0 Å². The highest BCUT2D eigenvalue weighted by Crippen LogP contribution is 2.44. The van der Waals surface area contributed by atoms with Crippen molar-refractivity contribution >= 4 is 41.1 Å². The Balaban J connectivity index is 0.00000442. The average Bonchev–Trinajstić information content (AvgIpc) is 3.36. The first-order chi connectivity index (χ1) is 20.9. The Bertz CT molecular complexity index is 1560. The molecular formula is C35H38ClN3O5. The van der Waals surface area contributed by atoms with Gasteiger partial charge in [-0.25, -0.2) is 9.59 Å². The maximum atomic E-state index is 12.8. The van der Waals surface area contributed by atoms with E-state index in [1.165, 1.54) is 18.2 Å². The van der Waals surface area contributed by atoms with Crippen molar-refractivity contribution in [1.29, 1.82) is 0 Å². The normalized spacial score (nSPS) is 13.1. The number of hydrogen-bond acceptors (Lipinski definition) is 6. The van der Waals surface area contributed by atoms with Crippen molar-refractivity contribution in [3.05, 3.63) is 108 Å². The third-order valence-corrected chi connectivity index (χ3v) is 7.95. The summed E-state index contributed by atoms with van der Waals surface area (Å²) in [5.41, 5.74) is 11.7. The van der Waals surface area contributed by atoms with Gasteiger partial charge < -0.3 is 25.8 Å². The Morgan fingerprint density at radius 2 is 1.48 bits per heavy atom. The minimum atomic E-state index is -0.847. The number of alkyl carbamates (subject to hydrolysis) is 1. The van der Waals surface area contributed by atoms with Crippen molar-refractivity contribution in [2.75, 3.05) is 20.3 Å². The summed E-state index contributed by atoms with van der Waals surface area (Å²) in [7, 11) is 1.30. The smallest absolute Gasteiger partial charge is 0.407 e. The number of nitrogens with two attached hydrogens (primary N) is 1. The number of amides is 2. The van der Waals surface area contributed by atoms with Gasteiger partial charge in [-0.05, 0) is 57.9 Å². The summed E-state index contributed by atoms with van der Waals surface area (Å²) in [6.07, 6.45) is 1.47. The van der Waals surface area contributed by atoms with E-state index in [-0.39, 0.29) is 24.9 Å². The van der Waals surface area contributed by atoms with Crippen LogP contribution in [0.3, 0.4) is 0 Å². The molecule has 230 valence electrons. The molecule has 1 unspecified atom stereocenters. The van der Waals surface area contributed by atoms with Gasteiger partial charge in [0.2, 0.25) is 5.91 Å². The van der Waals surface area contributed by atoms with Crippen LogP contribution in [0.15, 0.2) is 91.0 Å². The summed E-state index contributed by atoms with van der Waals surface area (Å²) in [6.45, 7) is 0.656. The van der Waals surface area contributed by atoms with Gasteiger partial charge in [-0.3, -0.25) is 4.79 Å². The molecule has 0 bridgehead atoms. The number of unbranched alkanes of at least 4 members (excludes halogenated alkanes) is 1. The predicted molar refractivity (Wildman–Crippen MR) is 174 cm³/mol. The molecule has 0 spiro atoms. The number of halogens is 1. The standard InChI is InChI=1S/C35H37N3O5.ClH/c1-42-34(40)32(21-23-17-18-24-10-2-3-11-25(24)20-23)38-33(39)31(36)16-8-9-19-37-35(41)43-22-30-28-14-6-4-12-26(28)27-13-5-7-15-29(27)30;/h2-7,10-15,17-18,20,30-32H,8-9,16,19,21-22,36H2,1H3,(H,37,41)(H,38,39);1H/t31?,32-;/m0./s1. The SMILES string of the molecule is COC(=O)[C@H](Cc1ccc2ccccc2c1)NC(=O)C(N)CCCCNC(=O)OCC1c2ccccc2-c2ccccc21.Cl. The maximum absolute atomic E-state index is 12.8. The zero-order valence-electron chi connectivity index (χ0n) is 24.7. The van der Waals surface area contributed by atoms with E-state index in [0.29, 0.717) is 32.2 Å². The molecule has 4 N–H and O–H groups in total. The van der Waals surface area contributed by atoms with Crippen LogP contribution in [0.2, 0.25) is 0 Å². The van der Waals surface area contributed by atoms with Crippen LogP contribution in [-0.4, -0.2) is 50.3 Å². The lowest BCUT2D eigenvalue weighted by molar-refractivity contribution is -0.145. The van der Waals surface area contributed by atoms with Gasteiger partial charge in [0.05, 0.1) is 13.2 Å². The van der Waals surface area contributed by atoms with Gasteiger partial charge in [0.25, 0.3) is 0 Å². The van der Waals surface area contributed by atoms with Crippen molar-refractivity contribution in [3.63, 3.8) is 0 Å². The van der Waals surface area contributed by atoms with E-state index < -0.39 is 30.1 Å². The summed E-state index contributed by atoms with van der Waals surface area (Å²) in [5, 5.41) is 7.69. The first-order valence-electron chi connectivity index (χ1n) is 14.6. The van der Waals surface area contributed by atoms with Crippen LogP contribution in [-0.2, 0) is 25.5 Å². The molecule has 5 rings (SSSR count). The van der Waals surface area contributed by atoms with Gasteiger partial charge in [-0.1, -0.05) is 91.0 Å². The lowest BCUT2D eigenvalue weighted by Gasteiger charge is -2.19.